The highest BCUT2D eigenvalue weighted by atomic mass is 16.5. The van der Waals surface area contributed by atoms with Crippen LogP contribution in [-0.2, 0) is 4.74 Å². The third-order valence-electron chi connectivity index (χ3n) is 3.39. The summed E-state index contributed by atoms with van der Waals surface area (Å²) in [5.41, 5.74) is 12.5. The fourth-order valence-electron chi connectivity index (χ4n) is 3.00. The summed E-state index contributed by atoms with van der Waals surface area (Å²) in [5.74, 6) is -0.504. The molecule has 0 aliphatic carbocycles. The molecule has 0 saturated carbocycles. The number of carbonyl (C=O) groups is 1. The van der Waals surface area contributed by atoms with Crippen molar-refractivity contribution in [2.24, 2.45) is 5.73 Å². The predicted octanol–water partition coefficient (Wildman–Crippen LogP) is 1.76. The van der Waals surface area contributed by atoms with Crippen LogP contribution in [0.2, 0.25) is 0 Å². The number of nitrogen functional groups attached to an aromatic ring is 1. The SMILES string of the molecule is CC1(C)CN(c2cccc(C(N)=O)c2N)CC(C)(C)O1. The molecule has 0 unspecified atom stereocenters. The normalized spacial score (nSPS) is 20.7. The van der Waals surface area contributed by atoms with Gasteiger partial charge < -0.3 is 21.1 Å². The lowest BCUT2D eigenvalue weighted by Crippen LogP contribution is -2.57. The molecule has 0 aromatic heterocycles. The second-order valence-electron chi connectivity index (χ2n) is 6.58. The average Bonchev–Trinajstić information content (AvgIpc) is 2.24. The number of benzene rings is 1. The van der Waals surface area contributed by atoms with Crippen LogP contribution in [-0.4, -0.2) is 30.2 Å². The van der Waals surface area contributed by atoms with Crippen LogP contribution in [0.5, 0.6) is 0 Å². The topological polar surface area (TPSA) is 81.6 Å². The number of nitrogens with two attached hydrogens (primary N) is 2. The van der Waals surface area contributed by atoms with Crippen LogP contribution in [0.15, 0.2) is 18.2 Å². The summed E-state index contributed by atoms with van der Waals surface area (Å²) >= 11 is 0. The second-order valence-corrected chi connectivity index (χ2v) is 6.58. The van der Waals surface area contributed by atoms with Gasteiger partial charge in [0.05, 0.1) is 28.1 Å². The van der Waals surface area contributed by atoms with Crippen molar-refractivity contribution < 1.29 is 9.53 Å². The van der Waals surface area contributed by atoms with Gasteiger partial charge in [0.15, 0.2) is 0 Å². The van der Waals surface area contributed by atoms with E-state index in [1.54, 1.807) is 12.1 Å². The first-order valence-corrected chi connectivity index (χ1v) is 6.75. The lowest BCUT2D eigenvalue weighted by Gasteiger charge is -2.48. The van der Waals surface area contributed by atoms with E-state index in [9.17, 15) is 4.79 Å². The minimum Gasteiger partial charge on any atom is -0.396 e. The molecule has 4 N–H and O–H groups in total. The summed E-state index contributed by atoms with van der Waals surface area (Å²) in [5, 5.41) is 0. The van der Waals surface area contributed by atoms with Crippen LogP contribution in [0.1, 0.15) is 38.1 Å². The predicted molar refractivity (Wildman–Crippen MR) is 80.8 cm³/mol. The molecule has 20 heavy (non-hydrogen) atoms. The largest absolute Gasteiger partial charge is 0.396 e. The number of primary amides is 1. The van der Waals surface area contributed by atoms with E-state index in [1.165, 1.54) is 0 Å². The van der Waals surface area contributed by atoms with E-state index in [0.717, 1.165) is 5.69 Å². The number of carbonyl (C=O) groups excluding carboxylic acids is 1. The molecule has 0 atom stereocenters. The van der Waals surface area contributed by atoms with Gasteiger partial charge in [0.2, 0.25) is 0 Å². The molecule has 1 heterocycles. The maximum Gasteiger partial charge on any atom is 0.250 e. The van der Waals surface area contributed by atoms with Crippen molar-refractivity contribution in [2.75, 3.05) is 23.7 Å². The molecule has 110 valence electrons. The van der Waals surface area contributed by atoms with Gasteiger partial charge in [0.1, 0.15) is 0 Å². The van der Waals surface area contributed by atoms with Gasteiger partial charge in [0.25, 0.3) is 5.91 Å². The minimum absolute atomic E-state index is 0.281. The number of ether oxygens (including phenoxy) is 1. The molecule has 1 aromatic carbocycles. The monoisotopic (exact) mass is 277 g/mol. The first-order chi connectivity index (χ1) is 9.11. The average molecular weight is 277 g/mol. The zero-order chi connectivity index (χ0) is 15.1. The molecule has 1 aliphatic rings. The Morgan fingerprint density at radius 1 is 1.20 bits per heavy atom. The number of para-hydroxylation sites is 1. The summed E-state index contributed by atoms with van der Waals surface area (Å²) < 4.78 is 6.06. The zero-order valence-corrected chi connectivity index (χ0v) is 12.6. The molecule has 1 saturated heterocycles. The number of amides is 1. The Morgan fingerprint density at radius 3 is 2.25 bits per heavy atom. The lowest BCUT2D eigenvalue weighted by molar-refractivity contribution is -0.133. The minimum atomic E-state index is -0.504. The lowest BCUT2D eigenvalue weighted by atomic mass is 9.97. The Balaban J connectivity index is 2.41. The van der Waals surface area contributed by atoms with E-state index < -0.39 is 5.91 Å². The summed E-state index contributed by atoms with van der Waals surface area (Å²) in [6.45, 7) is 9.62. The van der Waals surface area contributed by atoms with Gasteiger partial charge in [0, 0.05) is 13.1 Å². The van der Waals surface area contributed by atoms with Crippen LogP contribution in [0.4, 0.5) is 11.4 Å². The Kier molecular flexibility index (Phi) is 3.42. The third kappa shape index (κ3) is 2.88. The van der Waals surface area contributed by atoms with E-state index in [0.29, 0.717) is 24.3 Å². The highest BCUT2D eigenvalue weighted by Crippen LogP contribution is 2.35. The Hall–Kier alpha value is -1.75. The second kappa shape index (κ2) is 4.66. The van der Waals surface area contributed by atoms with Crippen LogP contribution >= 0.6 is 0 Å². The van der Waals surface area contributed by atoms with Crippen molar-refractivity contribution in [3.05, 3.63) is 23.8 Å². The fraction of sp³-hybridized carbons (Fsp3) is 0.533. The standard InChI is InChI=1S/C15H23N3O2/c1-14(2)8-18(9-15(3,4)20-14)11-7-5-6-10(12(11)16)13(17)19/h5-7H,8-9,16H2,1-4H3,(H2,17,19). The van der Waals surface area contributed by atoms with Gasteiger partial charge in [-0.15, -0.1) is 0 Å². The van der Waals surface area contributed by atoms with Gasteiger partial charge in [-0.2, -0.15) is 0 Å². The molecule has 2 rings (SSSR count). The van der Waals surface area contributed by atoms with E-state index >= 15 is 0 Å². The van der Waals surface area contributed by atoms with Crippen molar-refractivity contribution in [3.8, 4) is 0 Å². The maximum absolute atomic E-state index is 11.4. The number of anilines is 2. The Morgan fingerprint density at radius 2 is 1.75 bits per heavy atom. The van der Waals surface area contributed by atoms with E-state index in [1.807, 2.05) is 6.07 Å². The molecule has 0 spiro atoms. The van der Waals surface area contributed by atoms with Crippen LogP contribution in [0, 0.1) is 0 Å². The molecular weight excluding hydrogens is 254 g/mol. The molecule has 0 bridgehead atoms. The maximum atomic E-state index is 11.4. The van der Waals surface area contributed by atoms with E-state index in [2.05, 4.69) is 32.6 Å². The molecule has 1 aromatic rings. The summed E-state index contributed by atoms with van der Waals surface area (Å²) in [7, 11) is 0. The van der Waals surface area contributed by atoms with Crippen molar-refractivity contribution in [3.63, 3.8) is 0 Å². The van der Waals surface area contributed by atoms with Gasteiger partial charge >= 0.3 is 0 Å². The number of nitrogens with zero attached hydrogens (tertiary/aromatic N) is 1. The zero-order valence-electron chi connectivity index (χ0n) is 12.6. The van der Waals surface area contributed by atoms with Crippen LogP contribution < -0.4 is 16.4 Å². The van der Waals surface area contributed by atoms with Crippen molar-refractivity contribution in [2.45, 2.75) is 38.9 Å². The van der Waals surface area contributed by atoms with Gasteiger partial charge in [-0.25, -0.2) is 0 Å². The van der Waals surface area contributed by atoms with Gasteiger partial charge in [-0.05, 0) is 39.8 Å². The highest BCUT2D eigenvalue weighted by Gasteiger charge is 2.38. The Bertz CT molecular complexity index is 522. The molecular formula is C15H23N3O2. The molecule has 5 nitrogen and oxygen atoms in total. The molecule has 5 heteroatoms. The van der Waals surface area contributed by atoms with Crippen molar-refractivity contribution in [1.82, 2.24) is 0 Å². The van der Waals surface area contributed by atoms with E-state index in [4.69, 9.17) is 16.2 Å². The molecule has 1 fully saturated rings. The molecule has 0 radical (unpaired) electrons. The van der Waals surface area contributed by atoms with Crippen molar-refractivity contribution in [1.29, 1.82) is 0 Å². The molecule has 1 aliphatic heterocycles. The van der Waals surface area contributed by atoms with Crippen LogP contribution in [0.25, 0.3) is 0 Å². The van der Waals surface area contributed by atoms with E-state index in [-0.39, 0.29) is 11.2 Å². The smallest absolute Gasteiger partial charge is 0.250 e. The number of hydrogen-bond acceptors (Lipinski definition) is 4. The first kappa shape index (κ1) is 14.7. The van der Waals surface area contributed by atoms with Gasteiger partial charge in [-0.1, -0.05) is 6.07 Å². The number of morpholine rings is 1. The molecule has 1 amide bonds. The quantitative estimate of drug-likeness (QED) is 0.807. The fourth-order valence-corrected chi connectivity index (χ4v) is 3.00. The summed E-state index contributed by atoms with van der Waals surface area (Å²) in [6, 6.07) is 5.37. The van der Waals surface area contributed by atoms with Gasteiger partial charge in [-0.3, -0.25) is 4.79 Å². The van der Waals surface area contributed by atoms with Crippen LogP contribution in [0.3, 0.4) is 0 Å². The first-order valence-electron chi connectivity index (χ1n) is 6.75. The van der Waals surface area contributed by atoms with Crippen molar-refractivity contribution >= 4 is 17.3 Å². The summed E-state index contributed by atoms with van der Waals surface area (Å²) in [6.07, 6.45) is 0. The highest BCUT2D eigenvalue weighted by molar-refractivity contribution is 6.00. The Labute approximate surface area is 119 Å². The number of hydrogen-bond donors (Lipinski definition) is 2. The number of rotatable bonds is 2. The summed E-state index contributed by atoms with van der Waals surface area (Å²) in [4.78, 5) is 13.6. The third-order valence-corrected chi connectivity index (χ3v) is 3.39.